The summed E-state index contributed by atoms with van der Waals surface area (Å²) in [5.41, 5.74) is 3.86. The monoisotopic (exact) mass is 294 g/mol. The fourth-order valence-corrected chi connectivity index (χ4v) is 2.70. The van der Waals surface area contributed by atoms with Crippen molar-refractivity contribution in [1.82, 2.24) is 10.3 Å². The average molecular weight is 295 g/mol. The topological polar surface area (TPSA) is 27.8 Å². The number of aromatic nitrogens is 1. The van der Waals surface area contributed by atoms with Crippen molar-refractivity contribution >= 4 is 26.8 Å². The Morgan fingerprint density at radius 2 is 2.18 bits per heavy atom. The van der Waals surface area contributed by atoms with E-state index >= 15 is 0 Å². The Bertz CT molecular complexity index is 516. The zero-order valence-corrected chi connectivity index (χ0v) is 12.2. The molecule has 1 heterocycles. The maximum absolute atomic E-state index is 3.55. The van der Waals surface area contributed by atoms with Crippen LogP contribution in [0.1, 0.15) is 37.6 Å². The molecule has 0 spiro atoms. The van der Waals surface area contributed by atoms with Gasteiger partial charge in [0.15, 0.2) is 0 Å². The highest BCUT2D eigenvalue weighted by Crippen LogP contribution is 2.29. The molecule has 0 amide bonds. The van der Waals surface area contributed by atoms with Crippen LogP contribution >= 0.6 is 15.9 Å². The van der Waals surface area contributed by atoms with Crippen LogP contribution in [0.3, 0.4) is 0 Å². The van der Waals surface area contributed by atoms with E-state index in [1.165, 1.54) is 22.2 Å². The van der Waals surface area contributed by atoms with Gasteiger partial charge in [-0.1, -0.05) is 22.9 Å². The molecule has 0 saturated heterocycles. The van der Waals surface area contributed by atoms with Gasteiger partial charge in [-0.15, -0.1) is 0 Å². The summed E-state index contributed by atoms with van der Waals surface area (Å²) in [7, 11) is 0. The molecule has 0 aliphatic rings. The summed E-state index contributed by atoms with van der Waals surface area (Å²) in [6, 6.07) is 6.78. The minimum atomic E-state index is 0.387. The van der Waals surface area contributed by atoms with E-state index in [4.69, 9.17) is 0 Å². The maximum atomic E-state index is 3.55. The number of fused-ring (bicyclic) bond motifs is 1. The van der Waals surface area contributed by atoms with Crippen molar-refractivity contribution in [1.29, 1.82) is 0 Å². The van der Waals surface area contributed by atoms with Crippen LogP contribution in [0.25, 0.3) is 10.9 Å². The molecular formula is C14H19BrN2. The van der Waals surface area contributed by atoms with Crippen molar-refractivity contribution in [2.24, 2.45) is 0 Å². The second-order valence-corrected chi connectivity index (χ2v) is 5.45. The molecule has 0 saturated carbocycles. The quantitative estimate of drug-likeness (QED) is 0.864. The Labute approximate surface area is 111 Å². The van der Waals surface area contributed by atoms with E-state index in [2.05, 4.69) is 65.2 Å². The van der Waals surface area contributed by atoms with Crippen LogP contribution in [0.4, 0.5) is 0 Å². The molecule has 0 aliphatic heterocycles. The molecule has 2 nitrogen and oxygen atoms in total. The average Bonchev–Trinajstić information content (AvgIpc) is 2.61. The first kappa shape index (κ1) is 12.7. The van der Waals surface area contributed by atoms with Gasteiger partial charge < -0.3 is 10.3 Å². The van der Waals surface area contributed by atoms with Crippen LogP contribution in [-0.2, 0) is 0 Å². The van der Waals surface area contributed by atoms with Gasteiger partial charge in [-0.05, 0) is 50.6 Å². The lowest BCUT2D eigenvalue weighted by Gasteiger charge is -2.14. The van der Waals surface area contributed by atoms with Crippen LogP contribution in [-0.4, -0.2) is 11.5 Å². The van der Waals surface area contributed by atoms with Gasteiger partial charge in [-0.3, -0.25) is 0 Å². The zero-order chi connectivity index (χ0) is 12.4. The molecule has 2 rings (SSSR count). The number of hydrogen-bond acceptors (Lipinski definition) is 1. The molecule has 0 aliphatic carbocycles. The van der Waals surface area contributed by atoms with Crippen molar-refractivity contribution in [3.05, 3.63) is 33.9 Å². The first-order valence-electron chi connectivity index (χ1n) is 6.14. The van der Waals surface area contributed by atoms with E-state index in [-0.39, 0.29) is 0 Å². The third kappa shape index (κ3) is 2.55. The lowest BCUT2D eigenvalue weighted by molar-refractivity contribution is 0.571. The predicted molar refractivity (Wildman–Crippen MR) is 77.4 cm³/mol. The first-order valence-corrected chi connectivity index (χ1v) is 6.94. The second-order valence-electron chi connectivity index (χ2n) is 4.53. The first-order chi connectivity index (χ1) is 8.13. The number of benzene rings is 1. The predicted octanol–water partition coefficient (Wildman–Crippen LogP) is 4.30. The minimum Gasteiger partial charge on any atom is -0.358 e. The lowest BCUT2D eigenvalue weighted by atomic mass is 10.0. The van der Waals surface area contributed by atoms with Gasteiger partial charge in [0.2, 0.25) is 0 Å². The summed E-state index contributed by atoms with van der Waals surface area (Å²) in [5.74, 6) is 0. The number of aryl methyl sites for hydroxylation is 1. The molecule has 2 N–H and O–H groups in total. The Morgan fingerprint density at radius 1 is 1.41 bits per heavy atom. The molecule has 0 radical (unpaired) electrons. The van der Waals surface area contributed by atoms with Gasteiger partial charge in [0, 0.05) is 27.1 Å². The van der Waals surface area contributed by atoms with E-state index in [1.54, 1.807) is 0 Å². The molecule has 92 valence electrons. The highest BCUT2D eigenvalue weighted by molar-refractivity contribution is 9.10. The number of nitrogens with one attached hydrogen (secondary N) is 2. The molecule has 1 aromatic carbocycles. The fourth-order valence-electron chi connectivity index (χ4n) is 2.34. The van der Waals surface area contributed by atoms with Gasteiger partial charge in [0.05, 0.1) is 0 Å². The summed E-state index contributed by atoms with van der Waals surface area (Å²) in [5, 5.41) is 4.86. The highest BCUT2D eigenvalue weighted by Gasteiger charge is 2.14. The summed E-state index contributed by atoms with van der Waals surface area (Å²) in [6.07, 6.45) is 1.16. The molecule has 3 heteroatoms. The number of halogens is 1. The molecule has 0 fully saturated rings. The third-order valence-corrected chi connectivity index (χ3v) is 3.62. The number of aromatic amines is 1. The van der Waals surface area contributed by atoms with Crippen LogP contribution in [0.2, 0.25) is 0 Å². The Kier molecular flexibility index (Phi) is 3.89. The van der Waals surface area contributed by atoms with Gasteiger partial charge in [0.1, 0.15) is 0 Å². The van der Waals surface area contributed by atoms with Gasteiger partial charge >= 0.3 is 0 Å². The number of rotatable bonds is 4. The van der Waals surface area contributed by atoms with E-state index in [1.807, 2.05) is 0 Å². The van der Waals surface area contributed by atoms with Crippen molar-refractivity contribution in [3.8, 4) is 0 Å². The summed E-state index contributed by atoms with van der Waals surface area (Å²) in [4.78, 5) is 3.45. The van der Waals surface area contributed by atoms with Crippen LogP contribution < -0.4 is 5.32 Å². The Balaban J connectivity index is 2.44. The lowest BCUT2D eigenvalue weighted by Crippen LogP contribution is -2.19. The van der Waals surface area contributed by atoms with Crippen molar-refractivity contribution in [2.75, 3.05) is 6.54 Å². The minimum absolute atomic E-state index is 0.387. The summed E-state index contributed by atoms with van der Waals surface area (Å²) >= 11 is 3.54. The zero-order valence-electron chi connectivity index (χ0n) is 10.6. The Morgan fingerprint density at radius 3 is 2.88 bits per heavy atom. The number of hydrogen-bond donors (Lipinski definition) is 2. The highest BCUT2D eigenvalue weighted by atomic mass is 79.9. The molecular weight excluding hydrogens is 276 g/mol. The smallest absolute Gasteiger partial charge is 0.0460 e. The Hall–Kier alpha value is -0.800. The van der Waals surface area contributed by atoms with Crippen LogP contribution in [0, 0.1) is 6.92 Å². The number of H-pyrrole nitrogens is 1. The van der Waals surface area contributed by atoms with E-state index in [0.717, 1.165) is 17.4 Å². The van der Waals surface area contributed by atoms with Crippen LogP contribution in [0.5, 0.6) is 0 Å². The summed E-state index contributed by atoms with van der Waals surface area (Å²) < 4.78 is 1.13. The second kappa shape index (κ2) is 5.23. The molecule has 2 aromatic rings. The van der Waals surface area contributed by atoms with E-state index in [0.29, 0.717) is 6.04 Å². The summed E-state index contributed by atoms with van der Waals surface area (Å²) in [6.45, 7) is 7.62. The third-order valence-electron chi connectivity index (χ3n) is 3.13. The molecule has 1 aromatic heterocycles. The molecule has 1 unspecified atom stereocenters. The van der Waals surface area contributed by atoms with E-state index in [9.17, 15) is 0 Å². The van der Waals surface area contributed by atoms with Crippen LogP contribution in [0.15, 0.2) is 22.7 Å². The molecule has 0 bridgehead atoms. The van der Waals surface area contributed by atoms with Crippen molar-refractivity contribution in [3.63, 3.8) is 0 Å². The molecule has 17 heavy (non-hydrogen) atoms. The van der Waals surface area contributed by atoms with Crippen molar-refractivity contribution in [2.45, 2.75) is 33.2 Å². The van der Waals surface area contributed by atoms with Crippen molar-refractivity contribution < 1.29 is 0 Å². The normalized spacial score (nSPS) is 13.2. The van der Waals surface area contributed by atoms with E-state index < -0.39 is 0 Å². The standard InChI is InChI=1S/C14H19BrN2/c1-4-7-16-9(2)14-10(3)17-13-6-5-11(15)8-12(13)14/h5-6,8-9,16-17H,4,7H2,1-3H3. The maximum Gasteiger partial charge on any atom is 0.0460 e. The van der Waals surface area contributed by atoms with Gasteiger partial charge in [0.25, 0.3) is 0 Å². The van der Waals surface area contributed by atoms with Gasteiger partial charge in [-0.2, -0.15) is 0 Å². The molecule has 1 atom stereocenters. The van der Waals surface area contributed by atoms with Gasteiger partial charge in [-0.25, -0.2) is 0 Å². The SMILES string of the molecule is CCCNC(C)c1c(C)[nH]c2ccc(Br)cc12. The fraction of sp³-hybridized carbons (Fsp3) is 0.429. The largest absolute Gasteiger partial charge is 0.358 e.